The van der Waals surface area contributed by atoms with Crippen LogP contribution in [0.4, 0.5) is 0 Å². The molecule has 88 valence electrons. The summed E-state index contributed by atoms with van der Waals surface area (Å²) in [6.07, 6.45) is 5.84. The lowest BCUT2D eigenvalue weighted by Gasteiger charge is -2.26. The molecule has 5 heteroatoms. The average Bonchev–Trinajstić information content (AvgIpc) is 2.20. The van der Waals surface area contributed by atoms with E-state index >= 15 is 0 Å². The first-order valence-corrected chi connectivity index (χ1v) is 6.39. The summed E-state index contributed by atoms with van der Waals surface area (Å²) in [6, 6.07) is 2.23. The Morgan fingerprint density at radius 1 is 1.25 bits per heavy atom. The van der Waals surface area contributed by atoms with Gasteiger partial charge in [-0.25, -0.2) is 0 Å². The number of nitrogens with zero attached hydrogens (tertiary/aromatic N) is 1. The number of nitrogens with one attached hydrogen (secondary N) is 2. The SMILES string of the molecule is N#CCC1CCC(CC(=N)SC(=N)N)CC1. The van der Waals surface area contributed by atoms with E-state index in [1.807, 2.05) is 0 Å². The van der Waals surface area contributed by atoms with Crippen LogP contribution < -0.4 is 5.73 Å². The molecule has 0 amide bonds. The van der Waals surface area contributed by atoms with Gasteiger partial charge in [0.2, 0.25) is 0 Å². The molecule has 0 heterocycles. The van der Waals surface area contributed by atoms with Crippen LogP contribution in [0.1, 0.15) is 38.5 Å². The fourth-order valence-corrected chi connectivity index (χ4v) is 2.79. The van der Waals surface area contributed by atoms with Gasteiger partial charge in [0.1, 0.15) is 0 Å². The molecule has 4 nitrogen and oxygen atoms in total. The van der Waals surface area contributed by atoms with Gasteiger partial charge in [-0.15, -0.1) is 0 Å². The van der Waals surface area contributed by atoms with Gasteiger partial charge in [-0.05, 0) is 55.7 Å². The highest BCUT2D eigenvalue weighted by Gasteiger charge is 2.22. The van der Waals surface area contributed by atoms with Crippen LogP contribution in [-0.4, -0.2) is 10.2 Å². The molecule has 0 radical (unpaired) electrons. The maximum absolute atomic E-state index is 8.60. The van der Waals surface area contributed by atoms with Gasteiger partial charge in [0.05, 0.1) is 11.1 Å². The van der Waals surface area contributed by atoms with Gasteiger partial charge < -0.3 is 5.73 Å². The Balaban J connectivity index is 2.24. The predicted molar refractivity (Wildman–Crippen MR) is 67.5 cm³/mol. The third-order valence-electron chi connectivity index (χ3n) is 3.05. The fraction of sp³-hybridized carbons (Fsp3) is 0.727. The Labute approximate surface area is 101 Å². The van der Waals surface area contributed by atoms with Crippen LogP contribution >= 0.6 is 11.8 Å². The van der Waals surface area contributed by atoms with Crippen LogP contribution in [0.15, 0.2) is 0 Å². The number of nitriles is 1. The van der Waals surface area contributed by atoms with E-state index in [4.69, 9.17) is 21.8 Å². The molecule has 0 spiro atoms. The van der Waals surface area contributed by atoms with Crippen LogP contribution in [-0.2, 0) is 0 Å². The molecule has 1 fully saturated rings. The highest BCUT2D eigenvalue weighted by atomic mass is 32.2. The van der Waals surface area contributed by atoms with Crippen molar-refractivity contribution in [1.29, 1.82) is 16.1 Å². The minimum Gasteiger partial charge on any atom is -0.378 e. The third kappa shape index (κ3) is 4.67. The first-order chi connectivity index (χ1) is 7.61. The molecule has 0 unspecified atom stereocenters. The van der Waals surface area contributed by atoms with E-state index in [0.717, 1.165) is 43.9 Å². The monoisotopic (exact) mass is 238 g/mol. The van der Waals surface area contributed by atoms with E-state index in [1.54, 1.807) is 0 Å². The number of rotatable bonds is 3. The standard InChI is InChI=1S/C11H18N4S/c12-6-5-8-1-3-9(4-2-8)7-10(13)16-11(14)15/h8-9,13H,1-5,7H2,(H3,14,15). The van der Waals surface area contributed by atoms with Gasteiger partial charge in [-0.1, -0.05) is 0 Å². The molecule has 0 aromatic carbocycles. The Bertz CT molecular complexity index is 300. The van der Waals surface area contributed by atoms with Crippen molar-refractivity contribution < 1.29 is 0 Å². The van der Waals surface area contributed by atoms with Crippen molar-refractivity contribution in [2.45, 2.75) is 38.5 Å². The molecule has 1 aliphatic rings. The van der Waals surface area contributed by atoms with Crippen molar-refractivity contribution in [3.05, 3.63) is 0 Å². The Kier molecular flexibility index (Phi) is 5.33. The third-order valence-corrected chi connectivity index (χ3v) is 3.69. The lowest BCUT2D eigenvalue weighted by atomic mass is 9.79. The molecule has 0 aliphatic heterocycles. The van der Waals surface area contributed by atoms with E-state index in [-0.39, 0.29) is 5.17 Å². The van der Waals surface area contributed by atoms with Crippen LogP contribution in [0.5, 0.6) is 0 Å². The molecular formula is C11H18N4S. The van der Waals surface area contributed by atoms with Gasteiger partial charge in [-0.3, -0.25) is 10.8 Å². The average molecular weight is 238 g/mol. The minimum atomic E-state index is 0.00293. The summed E-state index contributed by atoms with van der Waals surface area (Å²) >= 11 is 1.05. The van der Waals surface area contributed by atoms with Crippen molar-refractivity contribution >= 4 is 22.0 Å². The Hall–Kier alpha value is -1.02. The number of amidine groups is 1. The fourth-order valence-electron chi connectivity index (χ4n) is 2.21. The topological polar surface area (TPSA) is 97.5 Å². The molecular weight excluding hydrogens is 220 g/mol. The Morgan fingerprint density at radius 3 is 2.31 bits per heavy atom. The summed E-state index contributed by atoms with van der Waals surface area (Å²) in [6.45, 7) is 0. The van der Waals surface area contributed by atoms with E-state index in [2.05, 4.69) is 6.07 Å². The molecule has 4 N–H and O–H groups in total. The summed E-state index contributed by atoms with van der Waals surface area (Å²) in [5.74, 6) is 1.12. The van der Waals surface area contributed by atoms with Gasteiger partial charge in [-0.2, -0.15) is 5.26 Å². The van der Waals surface area contributed by atoms with Gasteiger partial charge >= 0.3 is 0 Å². The molecule has 0 aromatic rings. The second-order valence-corrected chi connectivity index (χ2v) is 5.48. The van der Waals surface area contributed by atoms with E-state index < -0.39 is 0 Å². The zero-order valence-electron chi connectivity index (χ0n) is 9.33. The largest absolute Gasteiger partial charge is 0.378 e. The molecule has 1 rings (SSSR count). The summed E-state index contributed by atoms with van der Waals surface area (Å²) in [4.78, 5) is 0. The molecule has 0 saturated heterocycles. The van der Waals surface area contributed by atoms with Crippen LogP contribution in [0.3, 0.4) is 0 Å². The highest BCUT2D eigenvalue weighted by Crippen LogP contribution is 2.33. The Morgan fingerprint density at radius 2 is 1.81 bits per heavy atom. The van der Waals surface area contributed by atoms with Gasteiger partial charge in [0, 0.05) is 6.42 Å². The van der Waals surface area contributed by atoms with Crippen molar-refractivity contribution in [2.24, 2.45) is 17.6 Å². The lowest BCUT2D eigenvalue weighted by molar-refractivity contribution is 0.284. The van der Waals surface area contributed by atoms with E-state index in [1.165, 1.54) is 0 Å². The molecule has 1 aliphatic carbocycles. The smallest absolute Gasteiger partial charge is 0.157 e. The van der Waals surface area contributed by atoms with Crippen molar-refractivity contribution in [3.63, 3.8) is 0 Å². The summed E-state index contributed by atoms with van der Waals surface area (Å²) in [7, 11) is 0. The number of nitrogens with two attached hydrogens (primary N) is 1. The summed E-state index contributed by atoms with van der Waals surface area (Å²) in [5, 5.41) is 23.9. The number of hydrogen-bond donors (Lipinski definition) is 3. The zero-order chi connectivity index (χ0) is 12.0. The van der Waals surface area contributed by atoms with E-state index in [9.17, 15) is 0 Å². The summed E-state index contributed by atoms with van der Waals surface area (Å²) < 4.78 is 0. The van der Waals surface area contributed by atoms with E-state index in [0.29, 0.717) is 23.3 Å². The highest BCUT2D eigenvalue weighted by molar-refractivity contribution is 8.26. The normalized spacial score (nSPS) is 24.7. The van der Waals surface area contributed by atoms with Gasteiger partial charge in [0.25, 0.3) is 0 Å². The molecule has 0 bridgehead atoms. The predicted octanol–water partition coefficient (Wildman–Crippen LogP) is 2.70. The second-order valence-electron chi connectivity index (χ2n) is 4.34. The molecule has 1 saturated carbocycles. The van der Waals surface area contributed by atoms with Crippen molar-refractivity contribution in [3.8, 4) is 6.07 Å². The molecule has 0 atom stereocenters. The number of thioether (sulfide) groups is 1. The lowest BCUT2D eigenvalue weighted by Crippen LogP contribution is -2.17. The first kappa shape index (κ1) is 13.0. The van der Waals surface area contributed by atoms with Gasteiger partial charge in [0.15, 0.2) is 5.17 Å². The van der Waals surface area contributed by atoms with Crippen LogP contribution in [0.25, 0.3) is 0 Å². The second kappa shape index (κ2) is 6.54. The molecule has 16 heavy (non-hydrogen) atoms. The number of hydrogen-bond acceptors (Lipinski definition) is 4. The van der Waals surface area contributed by atoms with Crippen LogP contribution in [0, 0.1) is 34.0 Å². The molecule has 0 aromatic heterocycles. The van der Waals surface area contributed by atoms with Crippen LogP contribution in [0.2, 0.25) is 0 Å². The first-order valence-electron chi connectivity index (χ1n) is 5.58. The summed E-state index contributed by atoms with van der Waals surface area (Å²) in [5.41, 5.74) is 5.23. The maximum Gasteiger partial charge on any atom is 0.157 e. The minimum absolute atomic E-state index is 0.00293. The van der Waals surface area contributed by atoms with Crippen molar-refractivity contribution in [1.82, 2.24) is 0 Å². The maximum atomic E-state index is 8.60. The van der Waals surface area contributed by atoms with Crippen molar-refractivity contribution in [2.75, 3.05) is 0 Å². The zero-order valence-corrected chi connectivity index (χ0v) is 10.1. The quantitative estimate of drug-likeness (QED) is 0.521.